The first-order valence-electron chi connectivity index (χ1n) is 9.82. The molecule has 1 aliphatic heterocycles. The molecule has 0 amide bonds. The van der Waals surface area contributed by atoms with Crippen molar-refractivity contribution in [2.24, 2.45) is 0 Å². The molecule has 0 saturated heterocycles. The SMILES string of the molecule is Cc1ccc2c(c1)Oc1ccccc1C2Nc1cccc(Nc2ccccc2)c1. The van der Waals surface area contributed by atoms with E-state index in [1.807, 2.05) is 30.3 Å². The van der Waals surface area contributed by atoms with Gasteiger partial charge in [-0.25, -0.2) is 0 Å². The third kappa shape index (κ3) is 3.55. The van der Waals surface area contributed by atoms with Gasteiger partial charge < -0.3 is 15.4 Å². The number of benzene rings is 4. The zero-order chi connectivity index (χ0) is 19.6. The Morgan fingerprint density at radius 3 is 2.24 bits per heavy atom. The van der Waals surface area contributed by atoms with Crippen molar-refractivity contribution in [3.8, 4) is 11.5 Å². The van der Waals surface area contributed by atoms with E-state index in [2.05, 4.69) is 84.3 Å². The molecule has 142 valence electrons. The van der Waals surface area contributed by atoms with Crippen LogP contribution in [-0.2, 0) is 0 Å². The molecule has 1 aliphatic rings. The highest BCUT2D eigenvalue weighted by molar-refractivity contribution is 5.66. The van der Waals surface area contributed by atoms with E-state index in [9.17, 15) is 0 Å². The predicted octanol–water partition coefficient (Wildman–Crippen LogP) is 7.05. The molecule has 0 fully saturated rings. The summed E-state index contributed by atoms with van der Waals surface area (Å²) in [6, 6.07) is 33.2. The van der Waals surface area contributed by atoms with Crippen LogP contribution in [0.15, 0.2) is 97.1 Å². The minimum Gasteiger partial charge on any atom is -0.457 e. The molecular formula is C26H22N2O. The third-order valence-corrected chi connectivity index (χ3v) is 5.17. The second-order valence-electron chi connectivity index (χ2n) is 7.33. The Balaban J connectivity index is 1.48. The summed E-state index contributed by atoms with van der Waals surface area (Å²) in [7, 11) is 0. The molecule has 4 aromatic carbocycles. The van der Waals surface area contributed by atoms with Crippen molar-refractivity contribution in [1.82, 2.24) is 0 Å². The van der Waals surface area contributed by atoms with Crippen LogP contribution in [-0.4, -0.2) is 0 Å². The lowest BCUT2D eigenvalue weighted by molar-refractivity contribution is 0.450. The summed E-state index contributed by atoms with van der Waals surface area (Å²) >= 11 is 0. The first kappa shape index (κ1) is 17.4. The van der Waals surface area contributed by atoms with Crippen LogP contribution in [0.5, 0.6) is 11.5 Å². The van der Waals surface area contributed by atoms with Crippen LogP contribution < -0.4 is 15.4 Å². The van der Waals surface area contributed by atoms with Gasteiger partial charge in [-0.15, -0.1) is 0 Å². The van der Waals surface area contributed by atoms with Gasteiger partial charge in [0.25, 0.3) is 0 Å². The van der Waals surface area contributed by atoms with Crippen molar-refractivity contribution >= 4 is 17.1 Å². The highest BCUT2D eigenvalue weighted by Crippen LogP contribution is 2.44. The van der Waals surface area contributed by atoms with E-state index in [-0.39, 0.29) is 6.04 Å². The molecule has 0 spiro atoms. The van der Waals surface area contributed by atoms with Crippen LogP contribution in [0.4, 0.5) is 17.1 Å². The van der Waals surface area contributed by atoms with Crippen molar-refractivity contribution in [1.29, 1.82) is 0 Å². The van der Waals surface area contributed by atoms with E-state index in [1.165, 1.54) is 5.56 Å². The average Bonchev–Trinajstić information content (AvgIpc) is 2.74. The van der Waals surface area contributed by atoms with E-state index in [1.54, 1.807) is 0 Å². The molecule has 29 heavy (non-hydrogen) atoms. The maximum atomic E-state index is 6.18. The van der Waals surface area contributed by atoms with Crippen molar-refractivity contribution in [2.75, 3.05) is 10.6 Å². The van der Waals surface area contributed by atoms with Gasteiger partial charge in [0.05, 0.1) is 6.04 Å². The highest BCUT2D eigenvalue weighted by Gasteiger charge is 2.27. The molecule has 3 heteroatoms. The standard InChI is InChI=1S/C26H22N2O/c1-18-14-15-23-25(16-18)29-24-13-6-5-12-22(24)26(23)28-21-11-7-10-20(17-21)27-19-8-3-2-4-9-19/h2-17,26-28H,1H3. The normalized spacial score (nSPS) is 14.3. The van der Waals surface area contributed by atoms with Crippen LogP contribution in [0.3, 0.4) is 0 Å². The van der Waals surface area contributed by atoms with Gasteiger partial charge in [-0.1, -0.05) is 54.6 Å². The summed E-state index contributed by atoms with van der Waals surface area (Å²) in [5, 5.41) is 7.18. The van der Waals surface area contributed by atoms with E-state index >= 15 is 0 Å². The molecule has 4 aromatic rings. The quantitative estimate of drug-likeness (QED) is 0.399. The number of aryl methyl sites for hydroxylation is 1. The molecule has 5 rings (SSSR count). The van der Waals surface area contributed by atoms with E-state index < -0.39 is 0 Å². The number of hydrogen-bond acceptors (Lipinski definition) is 3. The molecule has 0 saturated carbocycles. The van der Waals surface area contributed by atoms with Gasteiger partial charge >= 0.3 is 0 Å². The summed E-state index contributed by atoms with van der Waals surface area (Å²) in [6.45, 7) is 2.09. The van der Waals surface area contributed by atoms with Gasteiger partial charge in [0, 0.05) is 28.2 Å². The summed E-state index contributed by atoms with van der Waals surface area (Å²) in [4.78, 5) is 0. The third-order valence-electron chi connectivity index (χ3n) is 5.17. The molecule has 0 aliphatic carbocycles. The lowest BCUT2D eigenvalue weighted by Crippen LogP contribution is -2.18. The van der Waals surface area contributed by atoms with E-state index in [4.69, 9.17) is 4.74 Å². The monoisotopic (exact) mass is 378 g/mol. The van der Waals surface area contributed by atoms with Crippen molar-refractivity contribution < 1.29 is 4.74 Å². The van der Waals surface area contributed by atoms with Crippen molar-refractivity contribution in [3.63, 3.8) is 0 Å². The summed E-state index contributed by atoms with van der Waals surface area (Å²) in [6.07, 6.45) is 0. The molecule has 0 radical (unpaired) electrons. The van der Waals surface area contributed by atoms with E-state index in [0.29, 0.717) is 0 Å². The second-order valence-corrected chi connectivity index (χ2v) is 7.33. The van der Waals surface area contributed by atoms with Crippen molar-refractivity contribution in [2.45, 2.75) is 13.0 Å². The number of fused-ring (bicyclic) bond motifs is 2. The number of nitrogens with one attached hydrogen (secondary N) is 2. The zero-order valence-corrected chi connectivity index (χ0v) is 16.2. The lowest BCUT2D eigenvalue weighted by Gasteiger charge is -2.30. The molecule has 1 unspecified atom stereocenters. The minimum absolute atomic E-state index is 0.0301. The summed E-state index contributed by atoms with van der Waals surface area (Å²) in [5.41, 5.74) is 6.66. The van der Waals surface area contributed by atoms with Gasteiger partial charge in [0.15, 0.2) is 0 Å². The molecule has 0 aromatic heterocycles. The van der Waals surface area contributed by atoms with Crippen LogP contribution in [0.1, 0.15) is 22.7 Å². The Kier molecular flexibility index (Phi) is 4.41. The molecule has 0 bridgehead atoms. The van der Waals surface area contributed by atoms with Gasteiger partial charge in [0.1, 0.15) is 11.5 Å². The van der Waals surface area contributed by atoms with Gasteiger partial charge in [0.2, 0.25) is 0 Å². The molecular weight excluding hydrogens is 356 g/mol. The topological polar surface area (TPSA) is 33.3 Å². The predicted molar refractivity (Wildman–Crippen MR) is 119 cm³/mol. The summed E-state index contributed by atoms with van der Waals surface area (Å²) < 4.78 is 6.18. The smallest absolute Gasteiger partial charge is 0.133 e. The average molecular weight is 378 g/mol. The van der Waals surface area contributed by atoms with Crippen LogP contribution in [0.2, 0.25) is 0 Å². The first-order valence-corrected chi connectivity index (χ1v) is 9.82. The Labute approximate surface area is 171 Å². The molecule has 3 nitrogen and oxygen atoms in total. The largest absolute Gasteiger partial charge is 0.457 e. The number of anilines is 3. The maximum absolute atomic E-state index is 6.18. The Bertz CT molecular complexity index is 1150. The number of hydrogen-bond donors (Lipinski definition) is 2. The van der Waals surface area contributed by atoms with E-state index in [0.717, 1.165) is 39.7 Å². The van der Waals surface area contributed by atoms with Crippen LogP contribution in [0.25, 0.3) is 0 Å². The lowest BCUT2D eigenvalue weighted by atomic mass is 9.93. The Morgan fingerprint density at radius 2 is 1.34 bits per heavy atom. The highest BCUT2D eigenvalue weighted by atomic mass is 16.5. The maximum Gasteiger partial charge on any atom is 0.133 e. The first-order chi connectivity index (χ1) is 14.3. The number of ether oxygens (including phenoxy) is 1. The van der Waals surface area contributed by atoms with Gasteiger partial charge in [-0.2, -0.15) is 0 Å². The second kappa shape index (κ2) is 7.36. The van der Waals surface area contributed by atoms with Gasteiger partial charge in [-0.05, 0) is 55.0 Å². The summed E-state index contributed by atoms with van der Waals surface area (Å²) in [5.74, 6) is 1.82. The molecule has 1 atom stereocenters. The Morgan fingerprint density at radius 1 is 0.621 bits per heavy atom. The fraction of sp³-hybridized carbons (Fsp3) is 0.0769. The number of rotatable bonds is 4. The minimum atomic E-state index is 0.0301. The van der Waals surface area contributed by atoms with Gasteiger partial charge in [-0.3, -0.25) is 0 Å². The fourth-order valence-electron chi connectivity index (χ4n) is 3.76. The Hall–Kier alpha value is -3.72. The van der Waals surface area contributed by atoms with Crippen molar-refractivity contribution in [3.05, 3.63) is 114 Å². The zero-order valence-electron chi connectivity index (χ0n) is 16.2. The fourth-order valence-corrected chi connectivity index (χ4v) is 3.76. The molecule has 1 heterocycles. The number of para-hydroxylation sites is 2. The van der Waals surface area contributed by atoms with Crippen LogP contribution >= 0.6 is 0 Å². The van der Waals surface area contributed by atoms with Crippen LogP contribution in [0, 0.1) is 6.92 Å². The molecule has 2 N–H and O–H groups in total.